The topological polar surface area (TPSA) is 72.4 Å². The van der Waals surface area contributed by atoms with Gasteiger partial charge >= 0.3 is 6.03 Å². The van der Waals surface area contributed by atoms with Crippen molar-refractivity contribution in [3.05, 3.63) is 24.0 Å². The van der Waals surface area contributed by atoms with Crippen molar-refractivity contribution < 1.29 is 4.79 Å². The van der Waals surface area contributed by atoms with E-state index in [4.69, 9.17) is 5.73 Å². The van der Waals surface area contributed by atoms with E-state index in [2.05, 4.69) is 10.5 Å². The molecular weight excluding hydrogens is 156 g/mol. The van der Waals surface area contributed by atoms with Crippen molar-refractivity contribution >= 4 is 12.2 Å². The van der Waals surface area contributed by atoms with Crippen molar-refractivity contribution in [1.82, 2.24) is 9.99 Å². The van der Waals surface area contributed by atoms with Gasteiger partial charge in [-0.25, -0.2) is 10.2 Å². The van der Waals surface area contributed by atoms with E-state index in [9.17, 15) is 4.79 Å². The van der Waals surface area contributed by atoms with Gasteiger partial charge in [-0.1, -0.05) is 0 Å². The Labute approximate surface area is 69.9 Å². The van der Waals surface area contributed by atoms with Crippen molar-refractivity contribution in [3.8, 4) is 0 Å². The van der Waals surface area contributed by atoms with Crippen molar-refractivity contribution in [2.75, 3.05) is 0 Å². The Balaban J connectivity index is 2.57. The number of aryl methyl sites for hydroxylation is 1. The maximum atomic E-state index is 10.2. The number of nitrogens with two attached hydrogens (primary N) is 1. The average Bonchev–Trinajstić information content (AvgIpc) is 2.36. The van der Waals surface area contributed by atoms with E-state index in [1.165, 1.54) is 6.21 Å². The van der Waals surface area contributed by atoms with Gasteiger partial charge in [0.15, 0.2) is 0 Å². The summed E-state index contributed by atoms with van der Waals surface area (Å²) < 4.78 is 1.87. The first-order valence-corrected chi connectivity index (χ1v) is 3.40. The largest absolute Gasteiger partial charge is 0.350 e. The van der Waals surface area contributed by atoms with Crippen LogP contribution in [0.2, 0.25) is 0 Å². The Morgan fingerprint density at radius 2 is 2.58 bits per heavy atom. The van der Waals surface area contributed by atoms with E-state index in [0.717, 1.165) is 5.69 Å². The lowest BCUT2D eigenvalue weighted by Gasteiger charge is -1.94. The van der Waals surface area contributed by atoms with E-state index in [1.807, 2.05) is 29.9 Å². The molecule has 0 aliphatic carbocycles. The highest BCUT2D eigenvalue weighted by Crippen LogP contribution is 1.94. The van der Waals surface area contributed by atoms with Gasteiger partial charge in [-0.15, -0.1) is 0 Å². The molecule has 1 heterocycles. The lowest BCUT2D eigenvalue weighted by atomic mass is 10.5. The number of rotatable bonds is 2. The van der Waals surface area contributed by atoms with E-state index in [1.54, 1.807) is 0 Å². The minimum absolute atomic E-state index is 0.666. The zero-order valence-electron chi connectivity index (χ0n) is 6.69. The van der Waals surface area contributed by atoms with E-state index in [-0.39, 0.29) is 0 Å². The monoisotopic (exact) mass is 166 g/mol. The molecule has 1 rings (SSSR count). The zero-order valence-corrected chi connectivity index (χ0v) is 6.69. The number of nitrogens with one attached hydrogen (secondary N) is 1. The Hall–Kier alpha value is -1.78. The van der Waals surface area contributed by atoms with Crippen molar-refractivity contribution in [2.24, 2.45) is 17.9 Å². The SMILES string of the molecule is Cn1cccc1C=NNC(N)=O. The number of hydrogen-bond acceptors (Lipinski definition) is 2. The fourth-order valence-electron chi connectivity index (χ4n) is 0.770. The summed E-state index contributed by atoms with van der Waals surface area (Å²) in [6.45, 7) is 0. The van der Waals surface area contributed by atoms with Gasteiger partial charge in [0.2, 0.25) is 0 Å². The number of amides is 2. The van der Waals surface area contributed by atoms with Crippen molar-refractivity contribution in [2.45, 2.75) is 0 Å². The molecule has 3 N–H and O–H groups in total. The maximum absolute atomic E-state index is 10.2. The standard InChI is InChI=1S/C7H10N4O/c1-11-4-2-3-6(11)5-9-10-7(8)12/h2-5H,1H3,(H3,8,10,12). The van der Waals surface area contributed by atoms with Gasteiger partial charge in [0.25, 0.3) is 0 Å². The normalized spacial score (nSPS) is 10.4. The lowest BCUT2D eigenvalue weighted by molar-refractivity contribution is 0.249. The Kier molecular flexibility index (Phi) is 2.47. The van der Waals surface area contributed by atoms with E-state index < -0.39 is 6.03 Å². The fraction of sp³-hybridized carbons (Fsp3) is 0.143. The van der Waals surface area contributed by atoms with Crippen LogP contribution >= 0.6 is 0 Å². The molecule has 5 heteroatoms. The summed E-state index contributed by atoms with van der Waals surface area (Å²) in [5, 5.41) is 3.60. The Bertz CT molecular complexity index is 302. The number of hydrazone groups is 1. The number of urea groups is 1. The molecule has 0 aromatic carbocycles. The molecule has 0 saturated heterocycles. The van der Waals surface area contributed by atoms with Crippen LogP contribution in [0.5, 0.6) is 0 Å². The van der Waals surface area contributed by atoms with Gasteiger partial charge in [0.05, 0.1) is 11.9 Å². The summed E-state index contributed by atoms with van der Waals surface area (Å²) >= 11 is 0. The van der Waals surface area contributed by atoms with Gasteiger partial charge < -0.3 is 10.3 Å². The van der Waals surface area contributed by atoms with Crippen LogP contribution in [0.25, 0.3) is 0 Å². The molecule has 0 saturated carbocycles. The molecule has 0 atom stereocenters. The number of aromatic nitrogens is 1. The highest BCUT2D eigenvalue weighted by molar-refractivity contribution is 5.79. The van der Waals surface area contributed by atoms with Crippen LogP contribution < -0.4 is 11.2 Å². The van der Waals surface area contributed by atoms with Crippen molar-refractivity contribution in [3.63, 3.8) is 0 Å². The first-order valence-electron chi connectivity index (χ1n) is 3.40. The molecule has 0 aliphatic rings. The third-order valence-corrected chi connectivity index (χ3v) is 1.36. The van der Waals surface area contributed by atoms with Crippen LogP contribution in [-0.2, 0) is 7.05 Å². The molecule has 12 heavy (non-hydrogen) atoms. The summed E-state index contributed by atoms with van der Waals surface area (Å²) in [6, 6.07) is 3.08. The molecule has 0 aliphatic heterocycles. The molecule has 0 spiro atoms. The molecule has 0 bridgehead atoms. The average molecular weight is 166 g/mol. The lowest BCUT2D eigenvalue weighted by Crippen LogP contribution is -2.24. The van der Waals surface area contributed by atoms with Crippen LogP contribution in [0.4, 0.5) is 4.79 Å². The number of nitrogens with zero attached hydrogens (tertiary/aromatic N) is 2. The van der Waals surface area contributed by atoms with Crippen LogP contribution in [-0.4, -0.2) is 16.8 Å². The number of primary amides is 1. The zero-order chi connectivity index (χ0) is 8.97. The smallest absolute Gasteiger partial charge is 0.332 e. The molecule has 0 unspecified atom stereocenters. The van der Waals surface area contributed by atoms with Gasteiger partial charge in [-0.2, -0.15) is 5.10 Å². The number of carbonyl (C=O) groups is 1. The summed E-state index contributed by atoms with van der Waals surface area (Å²) in [7, 11) is 1.88. The van der Waals surface area contributed by atoms with Crippen LogP contribution in [0.15, 0.2) is 23.4 Å². The first-order chi connectivity index (χ1) is 5.70. The second-order valence-electron chi connectivity index (χ2n) is 2.28. The molecule has 1 aromatic rings. The fourth-order valence-corrected chi connectivity index (χ4v) is 0.770. The maximum Gasteiger partial charge on any atom is 0.332 e. The quantitative estimate of drug-likeness (QED) is 0.472. The number of hydrogen-bond donors (Lipinski definition) is 2. The molecule has 2 amide bonds. The minimum atomic E-state index is -0.666. The van der Waals surface area contributed by atoms with Gasteiger partial charge in [0.1, 0.15) is 0 Å². The van der Waals surface area contributed by atoms with Crippen LogP contribution in [0.1, 0.15) is 5.69 Å². The molecule has 1 aromatic heterocycles. The third-order valence-electron chi connectivity index (χ3n) is 1.36. The summed E-state index contributed by atoms with van der Waals surface area (Å²) in [5.41, 5.74) is 7.80. The van der Waals surface area contributed by atoms with Gasteiger partial charge in [-0.05, 0) is 12.1 Å². The van der Waals surface area contributed by atoms with E-state index in [0.29, 0.717) is 0 Å². The van der Waals surface area contributed by atoms with Gasteiger partial charge in [0, 0.05) is 13.2 Å². The second-order valence-corrected chi connectivity index (χ2v) is 2.28. The highest BCUT2D eigenvalue weighted by atomic mass is 16.2. The summed E-state index contributed by atoms with van der Waals surface area (Å²) in [5.74, 6) is 0. The predicted molar refractivity (Wildman–Crippen MR) is 45.7 cm³/mol. The van der Waals surface area contributed by atoms with Crippen LogP contribution in [0.3, 0.4) is 0 Å². The predicted octanol–water partition coefficient (Wildman–Crippen LogP) is 0.0273. The Morgan fingerprint density at radius 1 is 1.83 bits per heavy atom. The first kappa shape index (κ1) is 8.32. The Morgan fingerprint density at radius 3 is 3.08 bits per heavy atom. The summed E-state index contributed by atoms with van der Waals surface area (Å²) in [6.07, 6.45) is 3.40. The van der Waals surface area contributed by atoms with E-state index >= 15 is 0 Å². The third kappa shape index (κ3) is 2.12. The molecule has 0 fully saturated rings. The van der Waals surface area contributed by atoms with Crippen LogP contribution in [0, 0.1) is 0 Å². The molecule has 0 radical (unpaired) electrons. The number of carbonyl (C=O) groups excluding carboxylic acids is 1. The molecule has 5 nitrogen and oxygen atoms in total. The summed E-state index contributed by atoms with van der Waals surface area (Å²) in [4.78, 5) is 10.2. The second kappa shape index (κ2) is 3.56. The van der Waals surface area contributed by atoms with Crippen molar-refractivity contribution in [1.29, 1.82) is 0 Å². The van der Waals surface area contributed by atoms with Gasteiger partial charge in [-0.3, -0.25) is 0 Å². The highest BCUT2D eigenvalue weighted by Gasteiger charge is 1.90. The molecule has 64 valence electrons. The molecular formula is C7H10N4O. The minimum Gasteiger partial charge on any atom is -0.350 e.